The zero-order valence-corrected chi connectivity index (χ0v) is 7.38. The molecule has 0 saturated heterocycles. The Morgan fingerprint density at radius 3 is 1.90 bits per heavy atom. The maximum atomic E-state index is 9.76. The molecule has 1 atom stereocenters. The van der Waals surface area contributed by atoms with E-state index in [1.54, 1.807) is 0 Å². The maximum Gasteiger partial charge on any atom is 2.00 e. The molecule has 10 heavy (non-hydrogen) atoms. The van der Waals surface area contributed by atoms with E-state index in [4.69, 9.17) is 0 Å². The van der Waals surface area contributed by atoms with Crippen molar-refractivity contribution in [1.82, 2.24) is 0 Å². The SMILES string of the molecule is O=C([O-])CC(S)C(=O)[O-].[Mg+2]. The van der Waals surface area contributed by atoms with E-state index in [1.807, 2.05) is 0 Å². The van der Waals surface area contributed by atoms with E-state index in [0.717, 1.165) is 0 Å². The Morgan fingerprint density at radius 2 is 1.80 bits per heavy atom. The number of carbonyl (C=O) groups excluding carboxylic acids is 2. The Bertz CT molecular complexity index is 137. The number of carboxylic acid groups (broad SMARTS) is 2. The van der Waals surface area contributed by atoms with Gasteiger partial charge in [-0.2, -0.15) is 12.6 Å². The van der Waals surface area contributed by atoms with Crippen LogP contribution in [0.15, 0.2) is 0 Å². The summed E-state index contributed by atoms with van der Waals surface area (Å²) in [5, 5.41) is 18.2. The van der Waals surface area contributed by atoms with Crippen molar-refractivity contribution in [2.75, 3.05) is 0 Å². The largest absolute Gasteiger partial charge is 2.00 e. The van der Waals surface area contributed by atoms with Gasteiger partial charge in [0.05, 0.1) is 5.97 Å². The molecule has 0 N–H and O–H groups in total. The molecule has 6 heteroatoms. The minimum absolute atomic E-state index is 0. The first-order chi connectivity index (χ1) is 4.04. The summed E-state index contributed by atoms with van der Waals surface area (Å²) in [7, 11) is 0. The second-order valence-electron chi connectivity index (χ2n) is 1.41. The van der Waals surface area contributed by atoms with Gasteiger partial charge in [0.25, 0.3) is 0 Å². The summed E-state index contributed by atoms with van der Waals surface area (Å²) in [6.07, 6.45) is -0.620. The predicted octanol–water partition coefficient (Wildman–Crippen LogP) is -3.21. The van der Waals surface area contributed by atoms with Crippen molar-refractivity contribution in [3.63, 3.8) is 0 Å². The van der Waals surface area contributed by atoms with Crippen molar-refractivity contribution in [2.24, 2.45) is 0 Å². The van der Waals surface area contributed by atoms with Gasteiger partial charge in [0, 0.05) is 17.6 Å². The van der Waals surface area contributed by atoms with E-state index in [2.05, 4.69) is 12.6 Å². The fraction of sp³-hybridized carbons (Fsp3) is 0.500. The third-order valence-corrected chi connectivity index (χ3v) is 1.03. The Morgan fingerprint density at radius 1 is 1.40 bits per heavy atom. The number of carboxylic acids is 2. The number of hydrogen-bond donors (Lipinski definition) is 1. The fourth-order valence-electron chi connectivity index (χ4n) is 0.241. The van der Waals surface area contributed by atoms with Crippen molar-refractivity contribution in [3.8, 4) is 0 Å². The average Bonchev–Trinajstić information content (AvgIpc) is 1.63. The molecular weight excluding hydrogens is 168 g/mol. The monoisotopic (exact) mass is 172 g/mol. The van der Waals surface area contributed by atoms with E-state index in [9.17, 15) is 19.8 Å². The zero-order chi connectivity index (χ0) is 7.44. The van der Waals surface area contributed by atoms with Crippen LogP contribution in [-0.2, 0) is 9.59 Å². The molecule has 0 bridgehead atoms. The predicted molar refractivity (Wildman–Crippen MR) is 33.2 cm³/mol. The minimum Gasteiger partial charge on any atom is -0.550 e. The van der Waals surface area contributed by atoms with E-state index in [-0.39, 0.29) is 23.1 Å². The molecule has 0 heterocycles. The number of hydrogen-bond acceptors (Lipinski definition) is 5. The van der Waals surface area contributed by atoms with E-state index in [1.165, 1.54) is 0 Å². The normalized spacial score (nSPS) is 11.3. The van der Waals surface area contributed by atoms with Crippen LogP contribution < -0.4 is 10.2 Å². The summed E-state index contributed by atoms with van der Waals surface area (Å²) < 4.78 is 0. The Labute approximate surface area is 79.2 Å². The number of rotatable bonds is 3. The molecule has 52 valence electrons. The summed E-state index contributed by atoms with van der Waals surface area (Å²) in [4.78, 5) is 19.4. The molecule has 0 saturated carbocycles. The van der Waals surface area contributed by atoms with Crippen molar-refractivity contribution in [2.45, 2.75) is 11.7 Å². The van der Waals surface area contributed by atoms with Gasteiger partial charge in [-0.1, -0.05) is 0 Å². The summed E-state index contributed by atoms with van der Waals surface area (Å²) >= 11 is 3.38. The summed E-state index contributed by atoms with van der Waals surface area (Å²) in [6, 6.07) is 0. The molecular formula is C4H4MgO4S. The van der Waals surface area contributed by atoms with E-state index < -0.39 is 23.6 Å². The van der Waals surface area contributed by atoms with Crippen LogP contribution in [0.3, 0.4) is 0 Å². The molecule has 4 nitrogen and oxygen atoms in total. The van der Waals surface area contributed by atoms with Gasteiger partial charge in [-0.25, -0.2) is 0 Å². The van der Waals surface area contributed by atoms with Crippen LogP contribution in [0.25, 0.3) is 0 Å². The molecule has 0 amide bonds. The molecule has 0 aromatic heterocycles. The molecule has 0 fully saturated rings. The number of aliphatic carboxylic acids is 2. The molecule has 0 aliphatic rings. The molecule has 1 unspecified atom stereocenters. The first-order valence-electron chi connectivity index (χ1n) is 2.13. The summed E-state index contributed by atoms with van der Waals surface area (Å²) in [5.41, 5.74) is 0. The topological polar surface area (TPSA) is 80.3 Å². The van der Waals surface area contributed by atoms with Crippen LogP contribution in [0.1, 0.15) is 6.42 Å². The Hall–Kier alpha value is 0.0562. The van der Waals surface area contributed by atoms with Gasteiger partial charge in [0.15, 0.2) is 0 Å². The van der Waals surface area contributed by atoms with E-state index in [0.29, 0.717) is 0 Å². The molecule has 0 aliphatic heterocycles. The van der Waals surface area contributed by atoms with Crippen molar-refractivity contribution in [1.29, 1.82) is 0 Å². The Kier molecular flexibility index (Phi) is 7.39. The first kappa shape index (κ1) is 12.7. The van der Waals surface area contributed by atoms with Gasteiger partial charge >= 0.3 is 23.1 Å². The second-order valence-corrected chi connectivity index (χ2v) is 2.03. The van der Waals surface area contributed by atoms with E-state index >= 15 is 0 Å². The third-order valence-electron chi connectivity index (χ3n) is 0.632. The maximum absolute atomic E-state index is 9.76. The Balaban J connectivity index is 0. The smallest absolute Gasteiger partial charge is 0.550 e. The van der Waals surface area contributed by atoms with Crippen LogP contribution in [0.5, 0.6) is 0 Å². The zero-order valence-electron chi connectivity index (χ0n) is 5.07. The number of carbonyl (C=O) groups is 2. The van der Waals surface area contributed by atoms with Gasteiger partial charge in [0.2, 0.25) is 0 Å². The van der Waals surface area contributed by atoms with Crippen LogP contribution in [-0.4, -0.2) is 40.2 Å². The quantitative estimate of drug-likeness (QED) is 0.359. The number of thiol groups is 1. The van der Waals surface area contributed by atoms with Crippen molar-refractivity contribution >= 4 is 47.6 Å². The summed E-state index contributed by atoms with van der Waals surface area (Å²) in [6.45, 7) is 0. The van der Waals surface area contributed by atoms with Gasteiger partial charge in [-0.15, -0.1) is 0 Å². The fourth-order valence-corrected chi connectivity index (χ4v) is 0.390. The molecule has 0 radical (unpaired) electrons. The standard InChI is InChI=1S/C4H6O4S.Mg/c5-3(6)1-2(9)4(7)8;/h2,9H,1H2,(H,5,6)(H,7,8);/q;+2/p-2. The van der Waals surface area contributed by atoms with Crippen LogP contribution >= 0.6 is 12.6 Å². The van der Waals surface area contributed by atoms with Crippen molar-refractivity contribution < 1.29 is 19.8 Å². The molecule has 0 aromatic carbocycles. The second kappa shape index (κ2) is 5.81. The average molecular weight is 172 g/mol. The molecule has 0 aromatic rings. The third kappa shape index (κ3) is 6.18. The first-order valence-corrected chi connectivity index (χ1v) is 2.64. The van der Waals surface area contributed by atoms with Gasteiger partial charge in [-0.3, -0.25) is 0 Å². The van der Waals surface area contributed by atoms with Gasteiger partial charge in [-0.05, 0) is 0 Å². The minimum atomic E-state index is -1.50. The van der Waals surface area contributed by atoms with Gasteiger partial charge < -0.3 is 19.8 Å². The molecule has 0 aliphatic carbocycles. The van der Waals surface area contributed by atoms with Crippen molar-refractivity contribution in [3.05, 3.63) is 0 Å². The van der Waals surface area contributed by atoms with Crippen LogP contribution in [0.4, 0.5) is 0 Å². The molecule has 0 spiro atoms. The molecule has 0 rings (SSSR count). The van der Waals surface area contributed by atoms with Gasteiger partial charge in [0.1, 0.15) is 0 Å². The van der Waals surface area contributed by atoms with Crippen LogP contribution in [0, 0.1) is 0 Å². The van der Waals surface area contributed by atoms with Crippen LogP contribution in [0.2, 0.25) is 0 Å². The summed E-state index contributed by atoms with van der Waals surface area (Å²) in [5.74, 6) is -2.94.